The number of rotatable bonds is 3. The molecule has 1 atom stereocenters. The van der Waals surface area contributed by atoms with Crippen LogP contribution in [-0.4, -0.2) is 29.6 Å². The standard InChI is InChI=1S/C11H22N2/c1-6-7-8-13-10(3)9(2)12(5)11(13)4/h11H,6-8H2,1-5H3. The van der Waals surface area contributed by atoms with Crippen LogP contribution in [0.1, 0.15) is 40.5 Å². The molecule has 1 aliphatic rings. The quantitative estimate of drug-likeness (QED) is 0.662. The highest BCUT2D eigenvalue weighted by Crippen LogP contribution is 2.26. The van der Waals surface area contributed by atoms with Gasteiger partial charge in [-0.15, -0.1) is 0 Å². The third-order valence-corrected chi connectivity index (χ3v) is 3.25. The van der Waals surface area contributed by atoms with Gasteiger partial charge in [0.25, 0.3) is 0 Å². The first-order chi connectivity index (χ1) is 6.09. The summed E-state index contributed by atoms with van der Waals surface area (Å²) in [5.74, 6) is 0. The zero-order valence-corrected chi connectivity index (χ0v) is 9.59. The van der Waals surface area contributed by atoms with Gasteiger partial charge in [-0.1, -0.05) is 13.3 Å². The van der Waals surface area contributed by atoms with Crippen molar-refractivity contribution in [2.75, 3.05) is 13.6 Å². The maximum Gasteiger partial charge on any atom is 0.0979 e. The van der Waals surface area contributed by atoms with Crippen molar-refractivity contribution in [1.82, 2.24) is 9.80 Å². The van der Waals surface area contributed by atoms with E-state index in [-0.39, 0.29) is 0 Å². The fraction of sp³-hybridized carbons (Fsp3) is 0.818. The maximum absolute atomic E-state index is 2.50. The first-order valence-corrected chi connectivity index (χ1v) is 5.26. The molecule has 0 aromatic rings. The first kappa shape index (κ1) is 10.4. The largest absolute Gasteiger partial charge is 0.357 e. The summed E-state index contributed by atoms with van der Waals surface area (Å²) in [4.78, 5) is 4.85. The molecule has 2 nitrogen and oxygen atoms in total. The third-order valence-electron chi connectivity index (χ3n) is 3.25. The molecule has 1 heterocycles. The van der Waals surface area contributed by atoms with Gasteiger partial charge in [-0.05, 0) is 27.2 Å². The zero-order valence-electron chi connectivity index (χ0n) is 9.59. The zero-order chi connectivity index (χ0) is 10.0. The molecule has 0 saturated heterocycles. The summed E-state index contributed by atoms with van der Waals surface area (Å²) in [5, 5.41) is 0. The van der Waals surface area contributed by atoms with Crippen LogP contribution in [0.2, 0.25) is 0 Å². The minimum absolute atomic E-state index is 0.548. The lowest BCUT2D eigenvalue weighted by Gasteiger charge is -2.29. The highest BCUT2D eigenvalue weighted by molar-refractivity contribution is 5.15. The predicted molar refractivity (Wildman–Crippen MR) is 57.2 cm³/mol. The van der Waals surface area contributed by atoms with Crippen molar-refractivity contribution in [2.24, 2.45) is 0 Å². The van der Waals surface area contributed by atoms with Crippen LogP contribution in [0.3, 0.4) is 0 Å². The van der Waals surface area contributed by atoms with Gasteiger partial charge >= 0.3 is 0 Å². The van der Waals surface area contributed by atoms with Crippen LogP contribution < -0.4 is 0 Å². The molecule has 13 heavy (non-hydrogen) atoms. The molecule has 0 aromatic carbocycles. The Hall–Kier alpha value is -0.660. The van der Waals surface area contributed by atoms with E-state index in [0.29, 0.717) is 6.17 Å². The number of allylic oxidation sites excluding steroid dienone is 2. The van der Waals surface area contributed by atoms with Crippen molar-refractivity contribution in [2.45, 2.75) is 46.7 Å². The van der Waals surface area contributed by atoms with E-state index in [1.807, 2.05) is 0 Å². The van der Waals surface area contributed by atoms with Crippen molar-refractivity contribution in [3.8, 4) is 0 Å². The lowest BCUT2D eigenvalue weighted by atomic mass is 10.3. The van der Waals surface area contributed by atoms with Gasteiger partial charge in [-0.2, -0.15) is 0 Å². The van der Waals surface area contributed by atoms with E-state index in [1.165, 1.54) is 30.8 Å². The highest BCUT2D eigenvalue weighted by Gasteiger charge is 2.26. The second-order valence-corrected chi connectivity index (χ2v) is 3.96. The summed E-state index contributed by atoms with van der Waals surface area (Å²) < 4.78 is 0. The Bertz CT molecular complexity index is 208. The highest BCUT2D eigenvalue weighted by atomic mass is 15.4. The molecule has 1 rings (SSSR count). The minimum atomic E-state index is 0.548. The van der Waals surface area contributed by atoms with Gasteiger partial charge in [0.1, 0.15) is 0 Å². The fourth-order valence-electron chi connectivity index (χ4n) is 1.92. The predicted octanol–water partition coefficient (Wildman–Crippen LogP) is 2.63. The number of unbranched alkanes of at least 4 members (excludes halogenated alkanes) is 1. The molecule has 0 aromatic heterocycles. The van der Waals surface area contributed by atoms with Gasteiger partial charge in [0, 0.05) is 25.0 Å². The Morgan fingerprint density at radius 2 is 1.85 bits per heavy atom. The summed E-state index contributed by atoms with van der Waals surface area (Å²) in [6.07, 6.45) is 3.12. The molecular formula is C11H22N2. The molecule has 0 spiro atoms. The van der Waals surface area contributed by atoms with Crippen molar-refractivity contribution in [3.63, 3.8) is 0 Å². The van der Waals surface area contributed by atoms with Crippen LogP contribution in [0.25, 0.3) is 0 Å². The van der Waals surface area contributed by atoms with E-state index < -0.39 is 0 Å². The van der Waals surface area contributed by atoms with Crippen LogP contribution in [0.15, 0.2) is 11.4 Å². The summed E-state index contributed by atoms with van der Waals surface area (Å²) in [5.41, 5.74) is 2.87. The Balaban J connectivity index is 2.65. The van der Waals surface area contributed by atoms with E-state index in [4.69, 9.17) is 0 Å². The second-order valence-electron chi connectivity index (χ2n) is 3.96. The van der Waals surface area contributed by atoms with Crippen molar-refractivity contribution in [3.05, 3.63) is 11.4 Å². The van der Waals surface area contributed by atoms with Gasteiger partial charge in [-0.25, -0.2) is 0 Å². The van der Waals surface area contributed by atoms with E-state index >= 15 is 0 Å². The average molecular weight is 182 g/mol. The van der Waals surface area contributed by atoms with Gasteiger partial charge in [0.05, 0.1) is 6.17 Å². The molecule has 0 N–H and O–H groups in total. The molecule has 1 unspecified atom stereocenters. The third kappa shape index (κ3) is 1.82. The second kappa shape index (κ2) is 4.03. The van der Waals surface area contributed by atoms with Crippen LogP contribution in [-0.2, 0) is 0 Å². The normalized spacial score (nSPS) is 23.3. The molecular weight excluding hydrogens is 160 g/mol. The number of nitrogens with zero attached hydrogens (tertiary/aromatic N) is 2. The maximum atomic E-state index is 2.50. The summed E-state index contributed by atoms with van der Waals surface area (Å²) in [6, 6.07) is 0. The van der Waals surface area contributed by atoms with E-state index in [0.717, 1.165) is 0 Å². The summed E-state index contributed by atoms with van der Waals surface area (Å²) in [7, 11) is 2.18. The minimum Gasteiger partial charge on any atom is -0.357 e. The molecule has 0 amide bonds. The van der Waals surface area contributed by atoms with Crippen LogP contribution >= 0.6 is 0 Å². The lowest BCUT2D eigenvalue weighted by Crippen LogP contribution is -2.35. The van der Waals surface area contributed by atoms with Gasteiger partial charge in [-0.3, -0.25) is 0 Å². The van der Waals surface area contributed by atoms with Gasteiger partial charge < -0.3 is 9.80 Å². The first-order valence-electron chi connectivity index (χ1n) is 5.26. The molecule has 0 bridgehead atoms. The smallest absolute Gasteiger partial charge is 0.0979 e. The van der Waals surface area contributed by atoms with Crippen LogP contribution in [0.4, 0.5) is 0 Å². The SMILES string of the molecule is CCCCN1C(C)=C(C)N(C)C1C. The topological polar surface area (TPSA) is 6.48 Å². The van der Waals surface area contributed by atoms with E-state index in [2.05, 4.69) is 44.5 Å². The van der Waals surface area contributed by atoms with Crippen molar-refractivity contribution < 1.29 is 0 Å². The van der Waals surface area contributed by atoms with Gasteiger partial charge in [0.15, 0.2) is 0 Å². The Morgan fingerprint density at radius 1 is 1.23 bits per heavy atom. The van der Waals surface area contributed by atoms with E-state index in [9.17, 15) is 0 Å². The van der Waals surface area contributed by atoms with Gasteiger partial charge in [0.2, 0.25) is 0 Å². The van der Waals surface area contributed by atoms with E-state index in [1.54, 1.807) is 0 Å². The molecule has 2 heteroatoms. The molecule has 0 fully saturated rings. The fourth-order valence-corrected chi connectivity index (χ4v) is 1.92. The molecule has 0 saturated carbocycles. The van der Waals surface area contributed by atoms with Crippen molar-refractivity contribution in [1.29, 1.82) is 0 Å². The Morgan fingerprint density at radius 3 is 2.23 bits per heavy atom. The monoisotopic (exact) mass is 182 g/mol. The molecule has 0 aliphatic carbocycles. The molecule has 0 radical (unpaired) electrons. The Labute approximate surface area is 82.2 Å². The number of hydrogen-bond acceptors (Lipinski definition) is 2. The lowest BCUT2D eigenvalue weighted by molar-refractivity contribution is 0.177. The van der Waals surface area contributed by atoms with Crippen molar-refractivity contribution >= 4 is 0 Å². The van der Waals surface area contributed by atoms with Crippen LogP contribution in [0, 0.1) is 0 Å². The Kier molecular flexibility index (Phi) is 3.23. The average Bonchev–Trinajstić information content (AvgIpc) is 2.30. The molecule has 76 valence electrons. The molecule has 1 aliphatic heterocycles. The number of hydrogen-bond donors (Lipinski definition) is 0. The summed E-state index contributed by atoms with van der Waals surface area (Å²) >= 11 is 0. The van der Waals surface area contributed by atoms with Crippen LogP contribution in [0.5, 0.6) is 0 Å². The summed E-state index contributed by atoms with van der Waals surface area (Å²) in [6.45, 7) is 10.2.